The van der Waals surface area contributed by atoms with Crippen LogP contribution in [0, 0.1) is 6.92 Å². The largest absolute Gasteiger partial charge is 0.399 e. The highest BCUT2D eigenvalue weighted by Gasteiger charge is 1.99. The van der Waals surface area contributed by atoms with Gasteiger partial charge in [-0.05, 0) is 30.2 Å². The number of nitrogens with zero attached hydrogens (tertiary/aromatic N) is 1. The third-order valence-corrected chi connectivity index (χ3v) is 2.08. The zero-order valence-electron chi connectivity index (χ0n) is 7.41. The molecular weight excluding hydrogens is 162 g/mol. The summed E-state index contributed by atoms with van der Waals surface area (Å²) >= 11 is 0. The zero-order chi connectivity index (χ0) is 9.26. The first-order valence-electron chi connectivity index (χ1n) is 4.12. The predicted octanol–water partition coefficient (Wildman–Crippen LogP) is 1.97. The van der Waals surface area contributed by atoms with Crippen LogP contribution < -0.4 is 5.73 Å². The van der Waals surface area contributed by atoms with Gasteiger partial charge in [0.15, 0.2) is 0 Å². The number of nitrogens with one attached hydrogen (secondary N) is 1. The molecule has 0 aliphatic heterocycles. The van der Waals surface area contributed by atoms with Gasteiger partial charge < -0.3 is 10.7 Å². The Morgan fingerprint density at radius 2 is 2.23 bits per heavy atom. The lowest BCUT2D eigenvalue weighted by molar-refractivity contribution is 1.31. The molecule has 0 saturated carbocycles. The van der Waals surface area contributed by atoms with Gasteiger partial charge in [0.25, 0.3) is 0 Å². The molecule has 1 aromatic heterocycles. The average molecular weight is 173 g/mol. The third-order valence-electron chi connectivity index (χ3n) is 2.08. The van der Waals surface area contributed by atoms with E-state index in [1.807, 2.05) is 25.1 Å². The van der Waals surface area contributed by atoms with Gasteiger partial charge in [-0.2, -0.15) is 0 Å². The number of hydrogen-bond donors (Lipinski definition) is 2. The van der Waals surface area contributed by atoms with E-state index in [1.54, 1.807) is 12.5 Å². The minimum Gasteiger partial charge on any atom is -0.399 e. The molecule has 3 N–H and O–H groups in total. The first-order valence-corrected chi connectivity index (χ1v) is 4.12. The van der Waals surface area contributed by atoms with Crippen LogP contribution in [0.5, 0.6) is 0 Å². The van der Waals surface area contributed by atoms with E-state index in [2.05, 4.69) is 9.97 Å². The molecule has 0 aliphatic rings. The minimum atomic E-state index is 0.822. The van der Waals surface area contributed by atoms with E-state index >= 15 is 0 Å². The summed E-state index contributed by atoms with van der Waals surface area (Å²) in [5.74, 6) is 0. The quantitative estimate of drug-likeness (QED) is 0.648. The molecule has 0 aliphatic carbocycles. The Balaban J connectivity index is 2.49. The molecule has 3 nitrogen and oxygen atoms in total. The monoisotopic (exact) mass is 173 g/mol. The Kier molecular flexibility index (Phi) is 1.77. The second kappa shape index (κ2) is 2.94. The van der Waals surface area contributed by atoms with E-state index in [0.717, 1.165) is 22.5 Å². The van der Waals surface area contributed by atoms with E-state index in [4.69, 9.17) is 5.73 Å². The van der Waals surface area contributed by atoms with Gasteiger partial charge in [0.05, 0.1) is 18.2 Å². The highest BCUT2D eigenvalue weighted by molar-refractivity contribution is 5.63. The van der Waals surface area contributed by atoms with Gasteiger partial charge in [0.1, 0.15) is 0 Å². The number of nitrogen functional groups attached to an aromatic ring is 1. The summed E-state index contributed by atoms with van der Waals surface area (Å²) in [6.45, 7) is 2.00. The molecule has 13 heavy (non-hydrogen) atoms. The molecule has 2 rings (SSSR count). The van der Waals surface area contributed by atoms with Gasteiger partial charge in [0.2, 0.25) is 0 Å². The number of rotatable bonds is 1. The predicted molar refractivity (Wildman–Crippen MR) is 53.2 cm³/mol. The molecule has 1 aromatic carbocycles. The molecular formula is C10H11N3. The summed E-state index contributed by atoms with van der Waals surface area (Å²) in [6, 6.07) is 5.93. The summed E-state index contributed by atoms with van der Waals surface area (Å²) in [5.41, 5.74) is 9.76. The van der Waals surface area contributed by atoms with Crippen LogP contribution >= 0.6 is 0 Å². The number of hydrogen-bond acceptors (Lipinski definition) is 2. The van der Waals surface area contributed by atoms with Crippen molar-refractivity contribution in [2.45, 2.75) is 6.92 Å². The van der Waals surface area contributed by atoms with Crippen LogP contribution in [0.2, 0.25) is 0 Å². The van der Waals surface area contributed by atoms with Crippen molar-refractivity contribution >= 4 is 5.69 Å². The summed E-state index contributed by atoms with van der Waals surface area (Å²) in [4.78, 5) is 7.01. The number of benzene rings is 1. The number of aryl methyl sites for hydroxylation is 1. The number of aromatic amines is 1. The molecule has 0 saturated heterocycles. The van der Waals surface area contributed by atoms with Crippen LogP contribution in [0.25, 0.3) is 11.3 Å². The third kappa shape index (κ3) is 1.40. The average Bonchev–Trinajstić information content (AvgIpc) is 2.62. The number of nitrogens with two attached hydrogens (primary N) is 1. The van der Waals surface area contributed by atoms with Crippen LogP contribution in [0.1, 0.15) is 5.56 Å². The van der Waals surface area contributed by atoms with Gasteiger partial charge >= 0.3 is 0 Å². The Morgan fingerprint density at radius 3 is 2.85 bits per heavy atom. The molecule has 0 radical (unpaired) electrons. The molecule has 3 heteroatoms. The topological polar surface area (TPSA) is 54.7 Å². The smallest absolute Gasteiger partial charge is 0.0924 e. The van der Waals surface area contributed by atoms with Crippen molar-refractivity contribution in [3.05, 3.63) is 36.3 Å². The van der Waals surface area contributed by atoms with Gasteiger partial charge in [-0.15, -0.1) is 0 Å². The van der Waals surface area contributed by atoms with Crippen LogP contribution in [0.4, 0.5) is 5.69 Å². The first kappa shape index (κ1) is 7.86. The fraction of sp³-hybridized carbons (Fsp3) is 0.100. The van der Waals surface area contributed by atoms with Gasteiger partial charge in [-0.3, -0.25) is 0 Å². The Labute approximate surface area is 76.6 Å². The van der Waals surface area contributed by atoms with Gasteiger partial charge in [-0.1, -0.05) is 6.07 Å². The Bertz CT molecular complexity index is 404. The Morgan fingerprint density at radius 1 is 1.38 bits per heavy atom. The lowest BCUT2D eigenvalue weighted by Gasteiger charge is -2.02. The van der Waals surface area contributed by atoms with Crippen LogP contribution in [0.3, 0.4) is 0 Å². The van der Waals surface area contributed by atoms with Crippen molar-refractivity contribution in [3.63, 3.8) is 0 Å². The van der Waals surface area contributed by atoms with Gasteiger partial charge in [0, 0.05) is 5.69 Å². The zero-order valence-corrected chi connectivity index (χ0v) is 7.41. The maximum absolute atomic E-state index is 5.72. The minimum absolute atomic E-state index is 0.822. The number of aromatic nitrogens is 2. The summed E-state index contributed by atoms with van der Waals surface area (Å²) in [6.07, 6.45) is 3.46. The summed E-state index contributed by atoms with van der Waals surface area (Å²) in [7, 11) is 0. The van der Waals surface area contributed by atoms with Crippen LogP contribution in [-0.2, 0) is 0 Å². The molecule has 0 bridgehead atoms. The molecule has 2 aromatic rings. The molecule has 0 unspecified atom stereocenters. The van der Waals surface area contributed by atoms with Crippen LogP contribution in [-0.4, -0.2) is 9.97 Å². The Hall–Kier alpha value is -1.77. The van der Waals surface area contributed by atoms with E-state index < -0.39 is 0 Å². The lowest BCUT2D eigenvalue weighted by atomic mass is 10.1. The van der Waals surface area contributed by atoms with Crippen LogP contribution in [0.15, 0.2) is 30.7 Å². The van der Waals surface area contributed by atoms with Crippen molar-refractivity contribution in [1.29, 1.82) is 0 Å². The van der Waals surface area contributed by atoms with Crippen molar-refractivity contribution in [1.82, 2.24) is 9.97 Å². The van der Waals surface area contributed by atoms with Gasteiger partial charge in [-0.25, -0.2) is 4.98 Å². The van der Waals surface area contributed by atoms with Crippen molar-refractivity contribution in [3.8, 4) is 11.3 Å². The van der Waals surface area contributed by atoms with Crippen molar-refractivity contribution in [2.75, 3.05) is 5.73 Å². The normalized spacial score (nSPS) is 10.2. The fourth-order valence-electron chi connectivity index (χ4n) is 1.26. The standard InChI is InChI=1S/C10H11N3/c1-7-4-8(2-3-9(7)11)10-5-12-6-13-10/h2-6H,11H2,1H3,(H,12,13). The van der Waals surface area contributed by atoms with E-state index in [1.165, 1.54) is 0 Å². The van der Waals surface area contributed by atoms with E-state index in [-0.39, 0.29) is 0 Å². The SMILES string of the molecule is Cc1cc(-c2cnc[nH]2)ccc1N. The number of H-pyrrole nitrogens is 1. The van der Waals surface area contributed by atoms with Crippen molar-refractivity contribution in [2.24, 2.45) is 0 Å². The molecule has 66 valence electrons. The van der Waals surface area contributed by atoms with E-state index in [0.29, 0.717) is 0 Å². The number of anilines is 1. The maximum atomic E-state index is 5.72. The molecule has 0 fully saturated rings. The first-order chi connectivity index (χ1) is 6.27. The lowest BCUT2D eigenvalue weighted by Crippen LogP contribution is -1.89. The van der Waals surface area contributed by atoms with E-state index in [9.17, 15) is 0 Å². The summed E-state index contributed by atoms with van der Waals surface area (Å²) in [5, 5.41) is 0. The molecule has 0 atom stereocenters. The maximum Gasteiger partial charge on any atom is 0.0924 e. The van der Waals surface area contributed by atoms with Crippen molar-refractivity contribution < 1.29 is 0 Å². The highest BCUT2D eigenvalue weighted by Crippen LogP contribution is 2.20. The summed E-state index contributed by atoms with van der Waals surface area (Å²) < 4.78 is 0. The second-order valence-electron chi connectivity index (χ2n) is 3.04. The highest BCUT2D eigenvalue weighted by atomic mass is 14.9. The molecule has 0 spiro atoms. The number of imidazole rings is 1. The fourth-order valence-corrected chi connectivity index (χ4v) is 1.26. The second-order valence-corrected chi connectivity index (χ2v) is 3.04. The molecule has 0 amide bonds. The molecule has 1 heterocycles.